The Labute approximate surface area is 145 Å². The third-order valence-corrected chi connectivity index (χ3v) is 4.25. The molecule has 0 radical (unpaired) electrons. The smallest absolute Gasteiger partial charge is 0.253 e. The fraction of sp³-hybridized carbons (Fsp3) is 0.529. The predicted octanol–water partition coefficient (Wildman–Crippen LogP) is 2.19. The van der Waals surface area contributed by atoms with Gasteiger partial charge < -0.3 is 19.7 Å². The van der Waals surface area contributed by atoms with Gasteiger partial charge in [-0.1, -0.05) is 19.0 Å². The van der Waals surface area contributed by atoms with E-state index in [0.717, 1.165) is 12.8 Å². The number of nitrogens with one attached hydrogen (secondary N) is 1. The Morgan fingerprint density at radius 1 is 1.32 bits per heavy atom. The summed E-state index contributed by atoms with van der Waals surface area (Å²) in [7, 11) is 0. The normalized spacial score (nSPS) is 16.8. The first-order valence-corrected chi connectivity index (χ1v) is 8.40. The molecule has 0 aromatic carbocycles. The van der Waals surface area contributed by atoms with Crippen LogP contribution in [0.2, 0.25) is 0 Å². The fourth-order valence-electron chi connectivity index (χ4n) is 2.81. The lowest BCUT2D eigenvalue weighted by Gasteiger charge is -2.28. The second-order valence-corrected chi connectivity index (χ2v) is 6.48. The molecule has 25 heavy (non-hydrogen) atoms. The van der Waals surface area contributed by atoms with Crippen LogP contribution in [0.15, 0.2) is 23.0 Å². The second-order valence-electron chi connectivity index (χ2n) is 6.48. The molecule has 134 valence electrons. The van der Waals surface area contributed by atoms with Crippen LogP contribution in [0.3, 0.4) is 0 Å². The molecule has 8 nitrogen and oxygen atoms in total. The van der Waals surface area contributed by atoms with Gasteiger partial charge in [0.05, 0.1) is 11.8 Å². The van der Waals surface area contributed by atoms with Crippen molar-refractivity contribution in [2.24, 2.45) is 5.92 Å². The van der Waals surface area contributed by atoms with E-state index in [-0.39, 0.29) is 29.1 Å². The van der Waals surface area contributed by atoms with Gasteiger partial charge in [0, 0.05) is 25.3 Å². The standard InChI is InChI=1S/C17H22N4O4/c1-10(2)15-20-17(25-21-15)14(11-3-5-24-6-4-11)19-16(23)12-7-13(22)9-18-8-12/h7-11,14,22H,3-6H2,1-2H3,(H,19,23)/t14-/m0/s1. The van der Waals surface area contributed by atoms with E-state index in [2.05, 4.69) is 20.4 Å². The highest BCUT2D eigenvalue weighted by Gasteiger charge is 2.32. The molecule has 2 aromatic rings. The molecule has 3 rings (SSSR count). The Bertz CT molecular complexity index is 725. The molecule has 1 amide bonds. The number of amides is 1. The summed E-state index contributed by atoms with van der Waals surface area (Å²) in [5, 5.41) is 16.5. The van der Waals surface area contributed by atoms with Crippen molar-refractivity contribution in [2.75, 3.05) is 13.2 Å². The molecule has 1 fully saturated rings. The molecule has 1 aliphatic heterocycles. The molecular formula is C17H22N4O4. The third-order valence-electron chi connectivity index (χ3n) is 4.25. The number of pyridine rings is 1. The minimum Gasteiger partial charge on any atom is -0.506 e. The zero-order valence-electron chi connectivity index (χ0n) is 14.3. The summed E-state index contributed by atoms with van der Waals surface area (Å²) in [6.07, 6.45) is 4.27. The van der Waals surface area contributed by atoms with Crippen molar-refractivity contribution >= 4 is 5.91 Å². The summed E-state index contributed by atoms with van der Waals surface area (Å²) < 4.78 is 10.8. The van der Waals surface area contributed by atoms with Crippen LogP contribution in [0, 0.1) is 5.92 Å². The van der Waals surface area contributed by atoms with Gasteiger partial charge in [0.2, 0.25) is 5.89 Å². The largest absolute Gasteiger partial charge is 0.506 e. The van der Waals surface area contributed by atoms with Gasteiger partial charge >= 0.3 is 0 Å². The number of carbonyl (C=O) groups excluding carboxylic acids is 1. The van der Waals surface area contributed by atoms with Gasteiger partial charge in [-0.3, -0.25) is 9.78 Å². The van der Waals surface area contributed by atoms with Crippen LogP contribution in [-0.4, -0.2) is 39.4 Å². The molecule has 3 heterocycles. The Hall–Kier alpha value is -2.48. The molecule has 2 aromatic heterocycles. The average molecular weight is 346 g/mol. The van der Waals surface area contributed by atoms with E-state index in [9.17, 15) is 9.90 Å². The SMILES string of the molecule is CC(C)c1noc([C@@H](NC(=O)c2cncc(O)c2)C2CCOCC2)n1. The predicted molar refractivity (Wildman–Crippen MR) is 88.0 cm³/mol. The van der Waals surface area contributed by atoms with Crippen molar-refractivity contribution in [3.8, 4) is 5.75 Å². The van der Waals surface area contributed by atoms with Crippen LogP contribution in [0.5, 0.6) is 5.75 Å². The highest BCUT2D eigenvalue weighted by molar-refractivity contribution is 5.94. The lowest BCUT2D eigenvalue weighted by molar-refractivity contribution is 0.0467. The van der Waals surface area contributed by atoms with E-state index in [1.54, 1.807) is 0 Å². The summed E-state index contributed by atoms with van der Waals surface area (Å²) >= 11 is 0. The lowest BCUT2D eigenvalue weighted by atomic mass is 9.91. The number of rotatable bonds is 5. The minimum absolute atomic E-state index is 0.0600. The summed E-state index contributed by atoms with van der Waals surface area (Å²) in [5.74, 6) is 0.888. The van der Waals surface area contributed by atoms with Gasteiger partial charge in [0.25, 0.3) is 5.91 Å². The topological polar surface area (TPSA) is 110 Å². The fourth-order valence-corrected chi connectivity index (χ4v) is 2.81. The van der Waals surface area contributed by atoms with E-state index in [1.165, 1.54) is 18.5 Å². The number of ether oxygens (including phenoxy) is 1. The first kappa shape index (κ1) is 17.3. The molecule has 1 atom stereocenters. The van der Waals surface area contributed by atoms with Crippen molar-refractivity contribution in [1.29, 1.82) is 0 Å². The maximum absolute atomic E-state index is 12.6. The molecule has 0 saturated carbocycles. The lowest BCUT2D eigenvalue weighted by Crippen LogP contribution is -2.36. The minimum atomic E-state index is -0.404. The Balaban J connectivity index is 1.83. The van der Waals surface area contributed by atoms with Crippen LogP contribution in [-0.2, 0) is 4.74 Å². The number of hydrogen-bond acceptors (Lipinski definition) is 7. The molecule has 0 aliphatic carbocycles. The van der Waals surface area contributed by atoms with Gasteiger partial charge in [0.1, 0.15) is 11.8 Å². The Morgan fingerprint density at radius 3 is 2.72 bits per heavy atom. The molecule has 0 unspecified atom stereocenters. The monoisotopic (exact) mass is 346 g/mol. The maximum atomic E-state index is 12.6. The van der Waals surface area contributed by atoms with Gasteiger partial charge in [-0.2, -0.15) is 4.98 Å². The van der Waals surface area contributed by atoms with Crippen molar-refractivity contribution in [2.45, 2.75) is 38.6 Å². The summed E-state index contributed by atoms with van der Waals surface area (Å²) in [4.78, 5) is 20.9. The van der Waals surface area contributed by atoms with Gasteiger partial charge in [-0.05, 0) is 24.8 Å². The highest BCUT2D eigenvalue weighted by Crippen LogP contribution is 2.30. The molecule has 8 heteroatoms. The zero-order valence-corrected chi connectivity index (χ0v) is 14.3. The van der Waals surface area contributed by atoms with Crippen molar-refractivity contribution in [1.82, 2.24) is 20.4 Å². The highest BCUT2D eigenvalue weighted by atomic mass is 16.5. The Kier molecular flexibility index (Phi) is 5.28. The third kappa shape index (κ3) is 4.14. The molecule has 0 spiro atoms. The number of aromatic nitrogens is 3. The van der Waals surface area contributed by atoms with Crippen LogP contribution >= 0.6 is 0 Å². The Morgan fingerprint density at radius 2 is 2.08 bits per heavy atom. The average Bonchev–Trinajstić information content (AvgIpc) is 3.10. The van der Waals surface area contributed by atoms with E-state index >= 15 is 0 Å². The number of aromatic hydroxyl groups is 1. The molecule has 2 N–H and O–H groups in total. The molecular weight excluding hydrogens is 324 g/mol. The van der Waals surface area contributed by atoms with E-state index in [4.69, 9.17) is 9.26 Å². The number of hydrogen-bond donors (Lipinski definition) is 2. The molecule has 1 saturated heterocycles. The summed E-state index contributed by atoms with van der Waals surface area (Å²) in [6, 6.07) is 0.968. The van der Waals surface area contributed by atoms with E-state index in [0.29, 0.717) is 24.9 Å². The maximum Gasteiger partial charge on any atom is 0.253 e. The van der Waals surface area contributed by atoms with Crippen molar-refractivity contribution in [3.63, 3.8) is 0 Å². The van der Waals surface area contributed by atoms with Crippen LogP contribution in [0.25, 0.3) is 0 Å². The van der Waals surface area contributed by atoms with Gasteiger partial charge in [-0.15, -0.1) is 0 Å². The van der Waals surface area contributed by atoms with Crippen LogP contribution in [0.4, 0.5) is 0 Å². The van der Waals surface area contributed by atoms with E-state index < -0.39 is 6.04 Å². The summed E-state index contributed by atoms with van der Waals surface area (Å²) in [5.41, 5.74) is 0.278. The van der Waals surface area contributed by atoms with Gasteiger partial charge in [-0.25, -0.2) is 0 Å². The first-order chi connectivity index (χ1) is 12.0. The molecule has 1 aliphatic rings. The van der Waals surface area contributed by atoms with Crippen LogP contribution in [0.1, 0.15) is 60.7 Å². The first-order valence-electron chi connectivity index (χ1n) is 8.40. The van der Waals surface area contributed by atoms with Gasteiger partial charge in [0.15, 0.2) is 5.82 Å². The zero-order chi connectivity index (χ0) is 17.8. The second kappa shape index (κ2) is 7.60. The molecule has 0 bridgehead atoms. The quantitative estimate of drug-likeness (QED) is 0.853. The number of nitrogens with zero attached hydrogens (tertiary/aromatic N) is 3. The number of carbonyl (C=O) groups is 1. The van der Waals surface area contributed by atoms with E-state index in [1.807, 2.05) is 13.8 Å². The van der Waals surface area contributed by atoms with Crippen molar-refractivity contribution < 1.29 is 19.2 Å². The summed E-state index contributed by atoms with van der Waals surface area (Å²) in [6.45, 7) is 5.23. The van der Waals surface area contributed by atoms with Crippen molar-refractivity contribution in [3.05, 3.63) is 35.7 Å². The van der Waals surface area contributed by atoms with Crippen LogP contribution < -0.4 is 5.32 Å².